The van der Waals surface area contributed by atoms with Crippen LogP contribution in [0.1, 0.15) is 29.7 Å². The minimum Gasteiger partial charge on any atom is -0.497 e. The van der Waals surface area contributed by atoms with Gasteiger partial charge in [-0.05, 0) is 99.5 Å². The fourth-order valence-electron chi connectivity index (χ4n) is 6.14. The summed E-state index contributed by atoms with van der Waals surface area (Å²) in [5, 5.41) is 5.28. The van der Waals surface area contributed by atoms with Gasteiger partial charge in [0.15, 0.2) is 16.3 Å². The van der Waals surface area contributed by atoms with Crippen molar-refractivity contribution in [3.05, 3.63) is 160 Å². The fourth-order valence-corrected chi connectivity index (χ4v) is 7.97. The highest BCUT2D eigenvalue weighted by Crippen LogP contribution is 2.36. The Kier molecular flexibility index (Phi) is 9.55. The van der Waals surface area contributed by atoms with Crippen LogP contribution in [0.5, 0.6) is 17.2 Å². The summed E-state index contributed by atoms with van der Waals surface area (Å²) in [6, 6.07) is 34.1. The van der Waals surface area contributed by atoms with Crippen LogP contribution in [0.3, 0.4) is 0 Å². The molecule has 0 bridgehead atoms. The number of benzene rings is 5. The zero-order valence-electron chi connectivity index (χ0n) is 27.5. The number of allylic oxidation sites excluding steroid dienone is 1. The molecule has 10 heteroatoms. The first-order valence-electron chi connectivity index (χ1n) is 15.8. The predicted octanol–water partition coefficient (Wildman–Crippen LogP) is 7.23. The van der Waals surface area contributed by atoms with Crippen LogP contribution in [0, 0.1) is 3.57 Å². The lowest BCUT2D eigenvalue weighted by atomic mass is 9.95. The van der Waals surface area contributed by atoms with E-state index in [0.717, 1.165) is 31.0 Å². The van der Waals surface area contributed by atoms with E-state index in [-0.39, 0.29) is 11.5 Å². The third-order valence-corrected chi connectivity index (χ3v) is 10.3. The van der Waals surface area contributed by atoms with Crippen molar-refractivity contribution in [3.8, 4) is 17.2 Å². The van der Waals surface area contributed by atoms with Gasteiger partial charge in [0, 0.05) is 5.69 Å². The van der Waals surface area contributed by atoms with Crippen LogP contribution in [-0.4, -0.2) is 24.7 Å². The second-order valence-electron chi connectivity index (χ2n) is 11.6. The summed E-state index contributed by atoms with van der Waals surface area (Å²) in [5.74, 6) is 1.47. The van der Waals surface area contributed by atoms with Crippen molar-refractivity contribution in [3.63, 3.8) is 0 Å². The summed E-state index contributed by atoms with van der Waals surface area (Å²) in [4.78, 5) is 33.5. The number of halogens is 1. The predicted molar refractivity (Wildman–Crippen MR) is 206 cm³/mol. The molecule has 0 aliphatic carbocycles. The van der Waals surface area contributed by atoms with Crippen molar-refractivity contribution < 1.29 is 19.0 Å². The van der Waals surface area contributed by atoms with E-state index in [0.29, 0.717) is 50.1 Å². The van der Waals surface area contributed by atoms with E-state index < -0.39 is 6.04 Å². The average Bonchev–Trinajstić information content (AvgIpc) is 3.43. The van der Waals surface area contributed by atoms with Gasteiger partial charge >= 0.3 is 0 Å². The van der Waals surface area contributed by atoms with Crippen molar-refractivity contribution in [2.75, 3.05) is 19.5 Å². The number of rotatable bonds is 9. The molecule has 0 unspecified atom stereocenters. The molecule has 0 radical (unpaired) electrons. The van der Waals surface area contributed by atoms with Crippen LogP contribution < -0.4 is 34.4 Å². The van der Waals surface area contributed by atoms with E-state index in [1.165, 1.54) is 11.3 Å². The van der Waals surface area contributed by atoms with Crippen molar-refractivity contribution in [1.29, 1.82) is 0 Å². The lowest BCUT2D eigenvalue weighted by Crippen LogP contribution is -2.40. The molecule has 1 aromatic heterocycles. The fraction of sp³-hybridized carbons (Fsp3) is 0.125. The molecule has 0 fully saturated rings. The highest BCUT2D eigenvalue weighted by molar-refractivity contribution is 14.1. The highest BCUT2D eigenvalue weighted by Gasteiger charge is 2.33. The molecule has 2 heterocycles. The molecule has 250 valence electrons. The Bertz CT molecular complexity index is 2470. The van der Waals surface area contributed by atoms with Gasteiger partial charge in [-0.1, -0.05) is 84.1 Å². The number of carbonyl (C=O) groups is 1. The van der Waals surface area contributed by atoms with Gasteiger partial charge < -0.3 is 19.5 Å². The Morgan fingerprint density at radius 2 is 1.70 bits per heavy atom. The largest absolute Gasteiger partial charge is 0.497 e. The Balaban J connectivity index is 1.27. The normalized spacial score (nSPS) is 14.2. The number of nitrogens with one attached hydrogen (secondary N) is 1. The SMILES string of the molecule is COc1cccc([C@H]2C(C(=O)Nc3ccccc3)=C(C)N=c3s/c(=C\c4cc(I)c(OCc5cccc6ccccc56)c(OC)c4)c(=O)n32)c1. The smallest absolute Gasteiger partial charge is 0.271 e. The number of anilines is 1. The summed E-state index contributed by atoms with van der Waals surface area (Å²) < 4.78 is 20.5. The van der Waals surface area contributed by atoms with Gasteiger partial charge in [0.25, 0.3) is 11.5 Å². The van der Waals surface area contributed by atoms with Gasteiger partial charge in [0.2, 0.25) is 0 Å². The number of methoxy groups -OCH3 is 2. The van der Waals surface area contributed by atoms with Crippen molar-refractivity contribution in [2.45, 2.75) is 19.6 Å². The third-order valence-electron chi connectivity index (χ3n) is 8.51. The van der Waals surface area contributed by atoms with Gasteiger partial charge in [-0.3, -0.25) is 14.2 Å². The number of hydrogen-bond donors (Lipinski definition) is 1. The third kappa shape index (κ3) is 6.56. The number of hydrogen-bond acceptors (Lipinski definition) is 7. The van der Waals surface area contributed by atoms with Crippen LogP contribution in [0.15, 0.2) is 130 Å². The molecule has 1 aliphatic heterocycles. The molecule has 0 saturated carbocycles. The zero-order chi connectivity index (χ0) is 34.8. The summed E-state index contributed by atoms with van der Waals surface area (Å²) in [6.07, 6.45) is 1.83. The van der Waals surface area contributed by atoms with E-state index >= 15 is 0 Å². The highest BCUT2D eigenvalue weighted by atomic mass is 127. The molecular weight excluding hydrogens is 761 g/mol. The van der Waals surface area contributed by atoms with Gasteiger partial charge in [-0.25, -0.2) is 4.99 Å². The minimum absolute atomic E-state index is 0.260. The maximum absolute atomic E-state index is 14.3. The lowest BCUT2D eigenvalue weighted by molar-refractivity contribution is -0.113. The number of ether oxygens (including phenoxy) is 3. The Morgan fingerprint density at radius 3 is 2.50 bits per heavy atom. The summed E-state index contributed by atoms with van der Waals surface area (Å²) >= 11 is 3.51. The standard InChI is InChI=1S/C40H32IN3O5S/c1-24-35(38(45)43-29-15-5-4-6-16-29)36(27-13-10-17-30(22-27)47-2)44-39(46)34(50-40(44)42-24)21-25-19-32(41)37(33(20-25)48-3)49-23-28-14-9-12-26-11-7-8-18-31(26)28/h4-22,36H,23H2,1-3H3,(H,43,45)/b34-21-/t36-/m0/s1. The molecule has 0 saturated heterocycles. The lowest BCUT2D eigenvalue weighted by Gasteiger charge is -2.25. The summed E-state index contributed by atoms with van der Waals surface area (Å²) in [6.45, 7) is 2.17. The molecule has 6 aromatic rings. The maximum Gasteiger partial charge on any atom is 0.271 e. The molecule has 1 amide bonds. The quantitative estimate of drug-likeness (QED) is 0.156. The van der Waals surface area contributed by atoms with Crippen LogP contribution in [0.4, 0.5) is 5.69 Å². The maximum atomic E-state index is 14.3. The summed E-state index contributed by atoms with van der Waals surface area (Å²) in [5.41, 5.74) is 3.87. The van der Waals surface area contributed by atoms with Crippen LogP contribution in [-0.2, 0) is 11.4 Å². The number of para-hydroxylation sites is 1. The van der Waals surface area contributed by atoms with Crippen LogP contribution in [0.2, 0.25) is 0 Å². The van der Waals surface area contributed by atoms with E-state index in [4.69, 9.17) is 19.2 Å². The van der Waals surface area contributed by atoms with E-state index in [1.807, 2.05) is 91.0 Å². The number of fused-ring (bicyclic) bond motifs is 2. The number of nitrogens with zero attached hydrogens (tertiary/aromatic N) is 2. The van der Waals surface area contributed by atoms with Crippen LogP contribution >= 0.6 is 33.9 Å². The monoisotopic (exact) mass is 793 g/mol. The Morgan fingerprint density at radius 1 is 0.940 bits per heavy atom. The molecule has 50 heavy (non-hydrogen) atoms. The van der Waals surface area contributed by atoms with Crippen molar-refractivity contribution in [2.24, 2.45) is 4.99 Å². The second kappa shape index (κ2) is 14.3. The second-order valence-corrected chi connectivity index (χ2v) is 13.8. The van der Waals surface area contributed by atoms with E-state index in [1.54, 1.807) is 25.7 Å². The first-order valence-corrected chi connectivity index (χ1v) is 17.7. The van der Waals surface area contributed by atoms with Gasteiger partial charge in [0.05, 0.1) is 39.6 Å². The molecule has 0 spiro atoms. The zero-order valence-corrected chi connectivity index (χ0v) is 30.4. The number of amides is 1. The van der Waals surface area contributed by atoms with Crippen molar-refractivity contribution >= 4 is 62.4 Å². The molecule has 1 atom stereocenters. The first-order chi connectivity index (χ1) is 24.3. The van der Waals surface area contributed by atoms with E-state index in [2.05, 4.69) is 52.2 Å². The topological polar surface area (TPSA) is 91.2 Å². The molecule has 1 aliphatic rings. The van der Waals surface area contributed by atoms with E-state index in [9.17, 15) is 9.59 Å². The van der Waals surface area contributed by atoms with Gasteiger partial charge in [-0.2, -0.15) is 0 Å². The Hall–Kier alpha value is -5.20. The number of thiazole rings is 1. The van der Waals surface area contributed by atoms with Gasteiger partial charge in [0.1, 0.15) is 12.4 Å². The molecule has 7 rings (SSSR count). The Labute approximate surface area is 306 Å². The number of carbonyl (C=O) groups excluding carboxylic acids is 1. The molecule has 5 aromatic carbocycles. The molecular formula is C40H32IN3O5S. The van der Waals surface area contributed by atoms with Crippen LogP contribution in [0.25, 0.3) is 16.8 Å². The van der Waals surface area contributed by atoms with Crippen molar-refractivity contribution in [1.82, 2.24) is 4.57 Å². The average molecular weight is 794 g/mol. The van der Waals surface area contributed by atoms with Gasteiger partial charge in [-0.15, -0.1) is 0 Å². The number of aromatic nitrogens is 1. The first kappa shape index (κ1) is 33.3. The summed E-state index contributed by atoms with van der Waals surface area (Å²) in [7, 11) is 3.19. The minimum atomic E-state index is -0.730. The molecule has 1 N–H and O–H groups in total. The molecule has 8 nitrogen and oxygen atoms in total.